The summed E-state index contributed by atoms with van der Waals surface area (Å²) in [5, 5.41) is 9.56. The van der Waals surface area contributed by atoms with Gasteiger partial charge in [-0.25, -0.2) is 19.3 Å². The van der Waals surface area contributed by atoms with E-state index in [-0.39, 0.29) is 5.69 Å². The number of nitrogens with one attached hydrogen (secondary N) is 2. The van der Waals surface area contributed by atoms with Crippen molar-refractivity contribution in [2.75, 3.05) is 11.9 Å². The third kappa shape index (κ3) is 1.79. The standard InChI is InChI=1S/C11H15N5O/c1-11(2)4-7(11)5-12-8-3-9-14-15-10(17)16(9)6-13-8/h3,6-7,12H,4-5H2,1-2H3,(H,15,17). The lowest BCUT2D eigenvalue weighted by Gasteiger charge is -2.06. The second-order valence-electron chi connectivity index (χ2n) is 5.30. The lowest BCUT2D eigenvalue weighted by atomic mass is 10.1. The molecule has 6 heteroatoms. The fraction of sp³-hybridized carbons (Fsp3) is 0.545. The molecule has 1 atom stereocenters. The van der Waals surface area contributed by atoms with Crippen LogP contribution in [0.1, 0.15) is 20.3 Å². The van der Waals surface area contributed by atoms with Gasteiger partial charge < -0.3 is 5.32 Å². The normalized spacial score (nSPS) is 21.6. The van der Waals surface area contributed by atoms with Crippen molar-refractivity contribution < 1.29 is 0 Å². The summed E-state index contributed by atoms with van der Waals surface area (Å²) in [7, 11) is 0. The van der Waals surface area contributed by atoms with Crippen LogP contribution in [0.15, 0.2) is 17.2 Å². The van der Waals surface area contributed by atoms with Gasteiger partial charge in [-0.2, -0.15) is 5.10 Å². The number of H-pyrrole nitrogens is 1. The summed E-state index contributed by atoms with van der Waals surface area (Å²) < 4.78 is 1.38. The summed E-state index contributed by atoms with van der Waals surface area (Å²) in [4.78, 5) is 15.4. The Kier molecular flexibility index (Phi) is 2.01. The molecular formula is C11H15N5O. The first-order valence-electron chi connectivity index (χ1n) is 5.73. The maximum Gasteiger partial charge on any atom is 0.348 e. The number of hydrogen-bond donors (Lipinski definition) is 2. The van der Waals surface area contributed by atoms with E-state index in [9.17, 15) is 4.79 Å². The number of nitrogens with zero attached hydrogens (tertiary/aromatic N) is 3. The predicted octanol–water partition coefficient (Wildman–Crippen LogP) is 0.876. The van der Waals surface area contributed by atoms with Gasteiger partial charge in [-0.05, 0) is 17.8 Å². The van der Waals surface area contributed by atoms with Gasteiger partial charge in [-0.15, -0.1) is 0 Å². The van der Waals surface area contributed by atoms with Gasteiger partial charge in [0.15, 0.2) is 5.65 Å². The molecule has 0 radical (unpaired) electrons. The van der Waals surface area contributed by atoms with Gasteiger partial charge >= 0.3 is 5.69 Å². The third-order valence-electron chi connectivity index (χ3n) is 3.56. The summed E-state index contributed by atoms with van der Waals surface area (Å²) in [6.07, 6.45) is 2.74. The van der Waals surface area contributed by atoms with Crippen molar-refractivity contribution in [3.8, 4) is 0 Å². The molecule has 1 aliphatic rings. The number of hydrogen-bond acceptors (Lipinski definition) is 4. The number of anilines is 1. The summed E-state index contributed by atoms with van der Waals surface area (Å²) >= 11 is 0. The molecule has 1 aliphatic carbocycles. The number of aromatic nitrogens is 4. The van der Waals surface area contributed by atoms with E-state index in [1.54, 1.807) is 6.07 Å². The minimum Gasteiger partial charge on any atom is -0.370 e. The molecule has 2 aromatic heterocycles. The highest BCUT2D eigenvalue weighted by Crippen LogP contribution is 2.51. The van der Waals surface area contributed by atoms with Gasteiger partial charge in [0.2, 0.25) is 0 Å². The Hall–Kier alpha value is -1.85. The van der Waals surface area contributed by atoms with E-state index in [2.05, 4.69) is 34.3 Å². The molecule has 0 saturated heterocycles. The summed E-state index contributed by atoms with van der Waals surface area (Å²) in [5.74, 6) is 1.47. The quantitative estimate of drug-likeness (QED) is 0.825. The molecular weight excluding hydrogens is 218 g/mol. The monoisotopic (exact) mass is 233 g/mol. The fourth-order valence-electron chi connectivity index (χ4n) is 2.06. The van der Waals surface area contributed by atoms with Crippen molar-refractivity contribution >= 4 is 11.5 Å². The fourth-order valence-corrected chi connectivity index (χ4v) is 2.06. The van der Waals surface area contributed by atoms with Crippen molar-refractivity contribution in [3.05, 3.63) is 22.9 Å². The largest absolute Gasteiger partial charge is 0.370 e. The van der Waals surface area contributed by atoms with Gasteiger partial charge in [-0.3, -0.25) is 0 Å². The zero-order chi connectivity index (χ0) is 12.0. The van der Waals surface area contributed by atoms with Crippen LogP contribution in [0, 0.1) is 11.3 Å². The first-order valence-corrected chi connectivity index (χ1v) is 5.73. The van der Waals surface area contributed by atoms with E-state index < -0.39 is 0 Å². The van der Waals surface area contributed by atoms with Crippen molar-refractivity contribution in [1.29, 1.82) is 0 Å². The molecule has 17 heavy (non-hydrogen) atoms. The molecule has 0 aromatic carbocycles. The van der Waals surface area contributed by atoms with Gasteiger partial charge in [0.25, 0.3) is 0 Å². The summed E-state index contributed by atoms with van der Waals surface area (Å²) in [5.41, 5.74) is 0.783. The van der Waals surface area contributed by atoms with Gasteiger partial charge in [-0.1, -0.05) is 13.8 Å². The highest BCUT2D eigenvalue weighted by molar-refractivity contribution is 5.48. The summed E-state index contributed by atoms with van der Waals surface area (Å²) in [6.45, 7) is 5.46. The third-order valence-corrected chi connectivity index (χ3v) is 3.56. The van der Waals surface area contributed by atoms with E-state index in [0.717, 1.165) is 12.4 Å². The first kappa shape index (κ1) is 10.3. The van der Waals surface area contributed by atoms with E-state index in [0.29, 0.717) is 17.0 Å². The molecule has 90 valence electrons. The van der Waals surface area contributed by atoms with Crippen LogP contribution in [0.4, 0.5) is 5.82 Å². The molecule has 0 bridgehead atoms. The van der Waals surface area contributed by atoms with Crippen molar-refractivity contribution in [2.24, 2.45) is 11.3 Å². The second-order valence-corrected chi connectivity index (χ2v) is 5.30. The van der Waals surface area contributed by atoms with Crippen LogP contribution < -0.4 is 11.0 Å². The Labute approximate surface area is 98.1 Å². The van der Waals surface area contributed by atoms with Gasteiger partial charge in [0, 0.05) is 12.6 Å². The Bertz CT molecular complexity index is 612. The molecule has 2 heterocycles. The van der Waals surface area contributed by atoms with Crippen LogP contribution in [-0.4, -0.2) is 26.1 Å². The Balaban J connectivity index is 1.75. The topological polar surface area (TPSA) is 75.1 Å². The number of fused-ring (bicyclic) bond motifs is 1. The zero-order valence-electron chi connectivity index (χ0n) is 9.90. The minimum atomic E-state index is -0.262. The number of aromatic amines is 1. The van der Waals surface area contributed by atoms with Crippen molar-refractivity contribution in [3.63, 3.8) is 0 Å². The molecule has 0 spiro atoms. The minimum absolute atomic E-state index is 0.262. The predicted molar refractivity (Wildman–Crippen MR) is 64.0 cm³/mol. The first-order chi connectivity index (χ1) is 8.06. The average Bonchev–Trinajstić information content (AvgIpc) is 2.73. The highest BCUT2D eigenvalue weighted by Gasteiger charge is 2.44. The molecule has 0 aliphatic heterocycles. The average molecular weight is 233 g/mol. The van der Waals surface area contributed by atoms with E-state index in [1.165, 1.54) is 17.1 Å². The van der Waals surface area contributed by atoms with Crippen LogP contribution >= 0.6 is 0 Å². The smallest absolute Gasteiger partial charge is 0.348 e. The maximum absolute atomic E-state index is 11.2. The molecule has 6 nitrogen and oxygen atoms in total. The Morgan fingerprint density at radius 1 is 1.65 bits per heavy atom. The van der Waals surface area contributed by atoms with Gasteiger partial charge in [0.1, 0.15) is 12.1 Å². The lowest BCUT2D eigenvalue weighted by molar-refractivity contribution is 0.573. The van der Waals surface area contributed by atoms with Gasteiger partial charge in [0.05, 0.1) is 0 Å². The van der Waals surface area contributed by atoms with Crippen LogP contribution in [0.3, 0.4) is 0 Å². The van der Waals surface area contributed by atoms with Crippen molar-refractivity contribution in [2.45, 2.75) is 20.3 Å². The van der Waals surface area contributed by atoms with Crippen LogP contribution in [0.5, 0.6) is 0 Å². The van der Waals surface area contributed by atoms with E-state index >= 15 is 0 Å². The Morgan fingerprint density at radius 3 is 3.12 bits per heavy atom. The summed E-state index contributed by atoms with van der Waals surface area (Å²) in [6, 6.07) is 1.77. The SMILES string of the molecule is CC1(C)CC1CNc1cc2n[nH]c(=O)n2cn1. The van der Waals surface area contributed by atoms with Crippen LogP contribution in [-0.2, 0) is 0 Å². The van der Waals surface area contributed by atoms with E-state index in [4.69, 9.17) is 0 Å². The van der Waals surface area contributed by atoms with E-state index in [1.807, 2.05) is 0 Å². The molecule has 0 amide bonds. The number of rotatable bonds is 3. The highest BCUT2D eigenvalue weighted by atomic mass is 16.1. The Morgan fingerprint density at radius 2 is 2.41 bits per heavy atom. The van der Waals surface area contributed by atoms with Crippen molar-refractivity contribution in [1.82, 2.24) is 19.6 Å². The molecule has 1 fully saturated rings. The molecule has 2 aromatic rings. The molecule has 2 N–H and O–H groups in total. The maximum atomic E-state index is 11.2. The molecule has 1 saturated carbocycles. The lowest BCUT2D eigenvalue weighted by Crippen LogP contribution is -2.12. The van der Waals surface area contributed by atoms with Crippen LogP contribution in [0.25, 0.3) is 5.65 Å². The zero-order valence-corrected chi connectivity index (χ0v) is 9.90. The molecule has 3 rings (SSSR count). The molecule has 1 unspecified atom stereocenters. The van der Waals surface area contributed by atoms with Crippen LogP contribution in [0.2, 0.25) is 0 Å². The second kappa shape index (κ2) is 3.32.